The Morgan fingerprint density at radius 3 is 2.73 bits per heavy atom. The highest BCUT2D eigenvalue weighted by atomic mass is 16.5. The molecular weight excluding hydrogens is 420 g/mol. The van der Waals surface area contributed by atoms with Gasteiger partial charge in [0.15, 0.2) is 0 Å². The largest absolute Gasteiger partial charge is 0.497 e. The first-order valence-electron chi connectivity index (χ1n) is 11.0. The minimum atomic E-state index is -0.459. The standard InChI is InChI=1S/C25H28N4O4/c1-4-32-15-9-14-29-17(2)21(24-27-23(28-33-24)18-10-6-5-7-11-18)22(26-25(29)30)19-12-8-13-20(16-19)31-3/h5-8,10-13,16,22H,4,9,14-15H2,1-3H3,(H,26,30). The van der Waals surface area contributed by atoms with Crippen molar-refractivity contribution in [1.29, 1.82) is 0 Å². The van der Waals surface area contributed by atoms with Crippen LogP contribution < -0.4 is 10.1 Å². The predicted molar refractivity (Wildman–Crippen MR) is 124 cm³/mol. The monoisotopic (exact) mass is 448 g/mol. The van der Waals surface area contributed by atoms with Crippen molar-refractivity contribution in [3.05, 3.63) is 71.7 Å². The number of carbonyl (C=O) groups excluding carboxylic acids is 1. The third-order valence-corrected chi connectivity index (χ3v) is 5.59. The van der Waals surface area contributed by atoms with E-state index in [9.17, 15) is 4.79 Å². The van der Waals surface area contributed by atoms with Crippen LogP contribution in [0.5, 0.6) is 5.75 Å². The van der Waals surface area contributed by atoms with Gasteiger partial charge in [-0.15, -0.1) is 0 Å². The molecule has 2 aromatic carbocycles. The van der Waals surface area contributed by atoms with Gasteiger partial charge in [-0.25, -0.2) is 4.79 Å². The maximum absolute atomic E-state index is 13.1. The van der Waals surface area contributed by atoms with Crippen molar-refractivity contribution in [2.75, 3.05) is 26.9 Å². The minimum Gasteiger partial charge on any atom is -0.497 e. The van der Waals surface area contributed by atoms with E-state index < -0.39 is 6.04 Å². The summed E-state index contributed by atoms with van der Waals surface area (Å²) < 4.78 is 16.6. The Morgan fingerprint density at radius 1 is 1.15 bits per heavy atom. The number of rotatable bonds is 9. The topological polar surface area (TPSA) is 89.7 Å². The fourth-order valence-electron chi connectivity index (χ4n) is 3.91. The van der Waals surface area contributed by atoms with Crippen LogP contribution in [-0.4, -0.2) is 47.9 Å². The van der Waals surface area contributed by atoms with Crippen molar-refractivity contribution >= 4 is 11.6 Å². The summed E-state index contributed by atoms with van der Waals surface area (Å²) in [5, 5.41) is 7.30. The number of allylic oxidation sites excluding steroid dienone is 1. The zero-order valence-electron chi connectivity index (χ0n) is 19.1. The molecule has 3 aromatic rings. The SMILES string of the molecule is CCOCCCN1C(=O)NC(c2cccc(OC)c2)C(c2nc(-c3ccccc3)no2)=C1C. The van der Waals surface area contributed by atoms with E-state index in [2.05, 4.69) is 15.5 Å². The molecule has 33 heavy (non-hydrogen) atoms. The Labute approximate surface area is 193 Å². The highest BCUT2D eigenvalue weighted by Crippen LogP contribution is 2.38. The van der Waals surface area contributed by atoms with Crippen molar-refractivity contribution < 1.29 is 18.8 Å². The van der Waals surface area contributed by atoms with Crippen LogP contribution in [0.25, 0.3) is 17.0 Å². The molecule has 8 nitrogen and oxygen atoms in total. The van der Waals surface area contributed by atoms with Crippen LogP contribution in [0.3, 0.4) is 0 Å². The number of carbonyl (C=O) groups is 1. The van der Waals surface area contributed by atoms with Gasteiger partial charge in [-0.2, -0.15) is 4.98 Å². The highest BCUT2D eigenvalue weighted by molar-refractivity contribution is 5.87. The smallest absolute Gasteiger partial charge is 0.322 e. The number of benzene rings is 2. The van der Waals surface area contributed by atoms with Gasteiger partial charge in [0.25, 0.3) is 5.89 Å². The Kier molecular flexibility index (Phi) is 7.04. The second-order valence-corrected chi connectivity index (χ2v) is 7.65. The molecule has 1 aliphatic heterocycles. The fourth-order valence-corrected chi connectivity index (χ4v) is 3.91. The lowest BCUT2D eigenvalue weighted by Gasteiger charge is -2.35. The summed E-state index contributed by atoms with van der Waals surface area (Å²) >= 11 is 0. The van der Waals surface area contributed by atoms with Crippen molar-refractivity contribution in [2.24, 2.45) is 0 Å². The summed E-state index contributed by atoms with van der Waals surface area (Å²) in [6.07, 6.45) is 0.717. The van der Waals surface area contributed by atoms with E-state index in [1.54, 1.807) is 12.0 Å². The van der Waals surface area contributed by atoms with E-state index in [0.29, 0.717) is 37.2 Å². The molecular formula is C25H28N4O4. The van der Waals surface area contributed by atoms with Crippen LogP contribution in [0.1, 0.15) is 37.8 Å². The summed E-state index contributed by atoms with van der Waals surface area (Å²) in [5.41, 5.74) is 3.25. The number of aromatic nitrogens is 2. The number of nitrogens with zero attached hydrogens (tertiary/aromatic N) is 3. The molecule has 0 radical (unpaired) electrons. The van der Waals surface area contributed by atoms with Crippen LogP contribution >= 0.6 is 0 Å². The van der Waals surface area contributed by atoms with E-state index >= 15 is 0 Å². The van der Waals surface area contributed by atoms with Crippen molar-refractivity contribution in [2.45, 2.75) is 26.3 Å². The third-order valence-electron chi connectivity index (χ3n) is 5.59. The molecule has 0 aliphatic carbocycles. The van der Waals surface area contributed by atoms with Gasteiger partial charge < -0.3 is 19.3 Å². The number of urea groups is 1. The highest BCUT2D eigenvalue weighted by Gasteiger charge is 2.35. The lowest BCUT2D eigenvalue weighted by atomic mass is 9.94. The molecule has 1 aliphatic rings. The van der Waals surface area contributed by atoms with Gasteiger partial charge in [0.2, 0.25) is 5.82 Å². The lowest BCUT2D eigenvalue weighted by Crippen LogP contribution is -2.46. The second kappa shape index (κ2) is 10.3. The molecule has 0 bridgehead atoms. The summed E-state index contributed by atoms with van der Waals surface area (Å²) in [6, 6.07) is 16.6. The first kappa shape index (κ1) is 22.5. The molecule has 0 saturated heterocycles. The average molecular weight is 449 g/mol. The molecule has 2 amide bonds. The molecule has 8 heteroatoms. The van der Waals surface area contributed by atoms with Gasteiger partial charge in [0.1, 0.15) is 5.75 Å². The quantitative estimate of drug-likeness (QED) is 0.479. The molecule has 4 rings (SSSR count). The third kappa shape index (κ3) is 4.90. The molecule has 2 heterocycles. The lowest BCUT2D eigenvalue weighted by molar-refractivity contribution is 0.136. The van der Waals surface area contributed by atoms with E-state index in [-0.39, 0.29) is 6.03 Å². The molecule has 0 fully saturated rings. The Hall–Kier alpha value is -3.65. The number of ether oxygens (including phenoxy) is 2. The van der Waals surface area contributed by atoms with Gasteiger partial charge in [-0.3, -0.25) is 4.90 Å². The van der Waals surface area contributed by atoms with Crippen LogP contribution in [0.2, 0.25) is 0 Å². The maximum Gasteiger partial charge on any atom is 0.322 e. The maximum atomic E-state index is 13.1. The van der Waals surface area contributed by atoms with Gasteiger partial charge in [0.05, 0.1) is 18.7 Å². The molecule has 1 unspecified atom stereocenters. The van der Waals surface area contributed by atoms with E-state index in [1.165, 1.54) is 0 Å². The van der Waals surface area contributed by atoms with E-state index in [0.717, 1.165) is 28.8 Å². The molecule has 1 N–H and O–H groups in total. The minimum absolute atomic E-state index is 0.177. The van der Waals surface area contributed by atoms with Crippen molar-refractivity contribution in [1.82, 2.24) is 20.4 Å². The molecule has 0 spiro atoms. The van der Waals surface area contributed by atoms with Gasteiger partial charge in [-0.05, 0) is 38.0 Å². The predicted octanol–water partition coefficient (Wildman–Crippen LogP) is 4.67. The van der Waals surface area contributed by atoms with E-state index in [4.69, 9.17) is 14.0 Å². The molecule has 172 valence electrons. The van der Waals surface area contributed by atoms with Crippen molar-refractivity contribution in [3.63, 3.8) is 0 Å². The summed E-state index contributed by atoms with van der Waals surface area (Å²) in [6.45, 7) is 5.62. The number of methoxy groups -OCH3 is 1. The fraction of sp³-hybridized carbons (Fsp3) is 0.320. The molecule has 0 saturated carbocycles. The van der Waals surface area contributed by atoms with Crippen molar-refractivity contribution in [3.8, 4) is 17.1 Å². The summed E-state index contributed by atoms with van der Waals surface area (Å²) in [7, 11) is 1.62. The zero-order valence-corrected chi connectivity index (χ0v) is 19.1. The van der Waals surface area contributed by atoms with Crippen LogP contribution in [0, 0.1) is 0 Å². The Morgan fingerprint density at radius 2 is 1.97 bits per heavy atom. The second-order valence-electron chi connectivity index (χ2n) is 7.65. The normalized spacial score (nSPS) is 16.2. The summed E-state index contributed by atoms with van der Waals surface area (Å²) in [5.74, 6) is 1.57. The number of hydrogen-bond donors (Lipinski definition) is 1. The number of nitrogens with one attached hydrogen (secondary N) is 1. The van der Waals surface area contributed by atoms with Gasteiger partial charge in [-0.1, -0.05) is 47.6 Å². The zero-order chi connectivity index (χ0) is 23.2. The van der Waals surface area contributed by atoms with Gasteiger partial charge in [0, 0.05) is 31.0 Å². The number of hydrogen-bond acceptors (Lipinski definition) is 6. The first-order chi connectivity index (χ1) is 16.1. The van der Waals surface area contributed by atoms with Crippen LogP contribution in [-0.2, 0) is 4.74 Å². The van der Waals surface area contributed by atoms with Crippen LogP contribution in [0.4, 0.5) is 4.79 Å². The molecule has 1 atom stereocenters. The number of amides is 2. The first-order valence-corrected chi connectivity index (χ1v) is 11.0. The Balaban J connectivity index is 1.74. The van der Waals surface area contributed by atoms with Gasteiger partial charge >= 0.3 is 6.03 Å². The average Bonchev–Trinajstić information content (AvgIpc) is 3.33. The van der Waals surface area contributed by atoms with E-state index in [1.807, 2.05) is 68.4 Å². The summed E-state index contributed by atoms with van der Waals surface area (Å²) in [4.78, 5) is 19.4. The molecule has 1 aromatic heterocycles. The van der Waals surface area contributed by atoms with Crippen LogP contribution in [0.15, 0.2) is 64.8 Å². The Bertz CT molecular complexity index is 1130.